The van der Waals surface area contributed by atoms with Crippen LogP contribution in [0.15, 0.2) is 18.2 Å². The predicted octanol–water partition coefficient (Wildman–Crippen LogP) is 1.45. The number of piperazine rings is 1. The smallest absolute Gasteiger partial charge is 0.337 e. The zero-order valence-corrected chi connectivity index (χ0v) is 9.50. The van der Waals surface area contributed by atoms with Crippen LogP contribution in [0.5, 0.6) is 0 Å². The van der Waals surface area contributed by atoms with Crippen molar-refractivity contribution in [1.29, 1.82) is 0 Å². The van der Waals surface area contributed by atoms with Gasteiger partial charge in [-0.15, -0.1) is 0 Å². The molecule has 0 aliphatic carbocycles. The Balaban J connectivity index is 2.33. The largest absolute Gasteiger partial charge is 0.478 e. The molecule has 0 saturated carbocycles. The van der Waals surface area contributed by atoms with Crippen LogP contribution in [-0.2, 0) is 0 Å². The fraction of sp³-hybridized carbons (Fsp3) is 0.364. The number of benzene rings is 1. The van der Waals surface area contributed by atoms with Crippen LogP contribution < -0.4 is 10.2 Å². The van der Waals surface area contributed by atoms with Crippen molar-refractivity contribution in [3.8, 4) is 0 Å². The quantitative estimate of drug-likeness (QED) is 0.822. The van der Waals surface area contributed by atoms with Crippen LogP contribution in [0, 0.1) is 0 Å². The normalized spacial score (nSPS) is 16.2. The molecule has 0 amide bonds. The fourth-order valence-electron chi connectivity index (χ4n) is 1.83. The lowest BCUT2D eigenvalue weighted by molar-refractivity contribution is 0.0697. The molecule has 4 nitrogen and oxygen atoms in total. The second-order valence-corrected chi connectivity index (χ2v) is 4.06. The number of anilines is 1. The summed E-state index contributed by atoms with van der Waals surface area (Å²) in [4.78, 5) is 13.0. The van der Waals surface area contributed by atoms with E-state index < -0.39 is 5.97 Å². The molecule has 86 valence electrons. The molecule has 1 heterocycles. The van der Waals surface area contributed by atoms with Crippen molar-refractivity contribution in [2.75, 3.05) is 31.1 Å². The molecular weight excluding hydrogens is 228 g/mol. The summed E-state index contributed by atoms with van der Waals surface area (Å²) in [6.07, 6.45) is 0. The topological polar surface area (TPSA) is 52.6 Å². The molecule has 0 radical (unpaired) electrons. The van der Waals surface area contributed by atoms with Crippen LogP contribution in [-0.4, -0.2) is 37.3 Å². The molecule has 1 aromatic carbocycles. The molecule has 1 fully saturated rings. The molecule has 1 aliphatic heterocycles. The van der Waals surface area contributed by atoms with Gasteiger partial charge >= 0.3 is 5.97 Å². The third-order valence-electron chi connectivity index (χ3n) is 2.67. The molecule has 0 unspecified atom stereocenters. The van der Waals surface area contributed by atoms with Crippen molar-refractivity contribution in [3.05, 3.63) is 28.8 Å². The highest BCUT2D eigenvalue weighted by Gasteiger charge is 2.17. The summed E-state index contributed by atoms with van der Waals surface area (Å²) in [7, 11) is 0. The van der Waals surface area contributed by atoms with Gasteiger partial charge in [0.25, 0.3) is 0 Å². The minimum atomic E-state index is -0.984. The number of nitrogens with zero attached hydrogens (tertiary/aromatic N) is 1. The van der Waals surface area contributed by atoms with Gasteiger partial charge in [-0.25, -0.2) is 4.79 Å². The molecule has 1 aromatic rings. The van der Waals surface area contributed by atoms with Crippen LogP contribution in [0.4, 0.5) is 5.69 Å². The van der Waals surface area contributed by atoms with Crippen LogP contribution in [0.1, 0.15) is 10.4 Å². The first-order chi connectivity index (χ1) is 7.70. The summed E-state index contributed by atoms with van der Waals surface area (Å²) in [5.74, 6) is -0.984. The summed E-state index contributed by atoms with van der Waals surface area (Å²) in [6.45, 7) is 3.49. The van der Waals surface area contributed by atoms with Crippen LogP contribution in [0.25, 0.3) is 0 Å². The Bertz CT molecular complexity index is 403. The van der Waals surface area contributed by atoms with Gasteiger partial charge in [-0.05, 0) is 12.1 Å². The molecule has 0 atom stereocenters. The Hall–Kier alpha value is -1.26. The molecule has 2 rings (SSSR count). The van der Waals surface area contributed by atoms with Crippen molar-refractivity contribution in [2.24, 2.45) is 0 Å². The fourth-order valence-corrected chi connectivity index (χ4v) is 2.16. The van der Waals surface area contributed by atoms with E-state index in [1.165, 1.54) is 6.07 Å². The van der Waals surface area contributed by atoms with Gasteiger partial charge in [-0.2, -0.15) is 0 Å². The number of carboxylic acids is 1. The van der Waals surface area contributed by atoms with Crippen LogP contribution in [0.2, 0.25) is 5.02 Å². The average molecular weight is 241 g/mol. The first-order valence-corrected chi connectivity index (χ1v) is 5.55. The third kappa shape index (κ3) is 2.13. The first-order valence-electron chi connectivity index (χ1n) is 5.17. The van der Waals surface area contributed by atoms with Crippen molar-refractivity contribution in [3.63, 3.8) is 0 Å². The molecule has 0 aromatic heterocycles. The summed E-state index contributed by atoms with van der Waals surface area (Å²) in [6, 6.07) is 5.11. The van der Waals surface area contributed by atoms with E-state index in [1.807, 2.05) is 6.07 Å². The molecule has 1 aliphatic rings. The lowest BCUT2D eigenvalue weighted by atomic mass is 10.1. The average Bonchev–Trinajstić information content (AvgIpc) is 2.30. The zero-order valence-electron chi connectivity index (χ0n) is 8.74. The van der Waals surface area contributed by atoms with E-state index in [4.69, 9.17) is 16.7 Å². The van der Waals surface area contributed by atoms with Crippen molar-refractivity contribution in [2.45, 2.75) is 0 Å². The maximum absolute atomic E-state index is 10.9. The second kappa shape index (κ2) is 4.72. The lowest BCUT2D eigenvalue weighted by Crippen LogP contribution is -2.43. The highest BCUT2D eigenvalue weighted by atomic mass is 35.5. The molecule has 16 heavy (non-hydrogen) atoms. The summed E-state index contributed by atoms with van der Waals surface area (Å²) < 4.78 is 0. The van der Waals surface area contributed by atoms with E-state index >= 15 is 0 Å². The van der Waals surface area contributed by atoms with Gasteiger partial charge in [0.15, 0.2) is 0 Å². The Morgan fingerprint density at radius 1 is 1.38 bits per heavy atom. The summed E-state index contributed by atoms with van der Waals surface area (Å²) in [5, 5.41) is 12.5. The standard InChI is InChI=1S/C11H13ClN2O2/c12-10-8(11(15)16)2-1-3-9(10)14-6-4-13-5-7-14/h1-3,13H,4-7H2,(H,15,16). The number of carboxylic acid groups (broad SMARTS) is 1. The van der Waals surface area contributed by atoms with E-state index in [1.54, 1.807) is 6.07 Å². The number of carbonyl (C=O) groups is 1. The van der Waals surface area contributed by atoms with Gasteiger partial charge in [-0.1, -0.05) is 17.7 Å². The maximum atomic E-state index is 10.9. The SMILES string of the molecule is O=C(O)c1cccc(N2CCNCC2)c1Cl. The zero-order chi connectivity index (χ0) is 11.5. The molecule has 2 N–H and O–H groups in total. The first kappa shape index (κ1) is 11.2. The Morgan fingerprint density at radius 2 is 2.06 bits per heavy atom. The second-order valence-electron chi connectivity index (χ2n) is 3.68. The molecular formula is C11H13ClN2O2. The van der Waals surface area contributed by atoms with E-state index in [0.29, 0.717) is 5.02 Å². The Kier molecular flexibility index (Phi) is 3.31. The summed E-state index contributed by atoms with van der Waals surface area (Å²) in [5.41, 5.74) is 0.973. The van der Waals surface area contributed by atoms with Crippen molar-refractivity contribution >= 4 is 23.3 Å². The van der Waals surface area contributed by atoms with Gasteiger partial charge in [0.2, 0.25) is 0 Å². The number of nitrogens with one attached hydrogen (secondary N) is 1. The molecule has 0 spiro atoms. The third-order valence-corrected chi connectivity index (χ3v) is 3.06. The van der Waals surface area contributed by atoms with Gasteiger partial charge in [-0.3, -0.25) is 0 Å². The van der Waals surface area contributed by atoms with Gasteiger partial charge < -0.3 is 15.3 Å². The van der Waals surface area contributed by atoms with E-state index in [0.717, 1.165) is 31.9 Å². The Morgan fingerprint density at radius 3 is 2.69 bits per heavy atom. The van der Waals surface area contributed by atoms with Crippen LogP contribution in [0.3, 0.4) is 0 Å². The highest BCUT2D eigenvalue weighted by Crippen LogP contribution is 2.29. The van der Waals surface area contributed by atoms with Gasteiger partial charge in [0.05, 0.1) is 16.3 Å². The number of aromatic carboxylic acids is 1. The molecule has 1 saturated heterocycles. The minimum absolute atomic E-state index is 0.165. The minimum Gasteiger partial charge on any atom is -0.478 e. The predicted molar refractivity (Wildman–Crippen MR) is 63.5 cm³/mol. The number of halogens is 1. The van der Waals surface area contributed by atoms with Crippen molar-refractivity contribution in [1.82, 2.24) is 5.32 Å². The molecule has 0 bridgehead atoms. The maximum Gasteiger partial charge on any atom is 0.337 e. The van der Waals surface area contributed by atoms with E-state index in [2.05, 4.69) is 10.2 Å². The monoisotopic (exact) mass is 240 g/mol. The van der Waals surface area contributed by atoms with Crippen LogP contribution >= 0.6 is 11.6 Å². The van der Waals surface area contributed by atoms with E-state index in [-0.39, 0.29) is 5.56 Å². The lowest BCUT2D eigenvalue weighted by Gasteiger charge is -2.30. The number of hydrogen-bond donors (Lipinski definition) is 2. The number of rotatable bonds is 2. The van der Waals surface area contributed by atoms with Gasteiger partial charge in [0.1, 0.15) is 0 Å². The summed E-state index contributed by atoms with van der Waals surface area (Å²) >= 11 is 6.09. The van der Waals surface area contributed by atoms with Gasteiger partial charge in [0, 0.05) is 26.2 Å². The van der Waals surface area contributed by atoms with Crippen molar-refractivity contribution < 1.29 is 9.90 Å². The van der Waals surface area contributed by atoms with E-state index in [9.17, 15) is 4.79 Å². The molecule has 5 heteroatoms. The Labute approximate surface area is 98.8 Å². The number of hydrogen-bond acceptors (Lipinski definition) is 3. The highest BCUT2D eigenvalue weighted by molar-refractivity contribution is 6.36.